The molecule has 0 heterocycles. The molecular weight excluding hydrogens is 296 g/mol. The predicted molar refractivity (Wildman–Crippen MR) is 105 cm³/mol. The zero-order chi connectivity index (χ0) is 17.7. The van der Waals surface area contributed by atoms with Crippen molar-refractivity contribution in [3.8, 4) is 0 Å². The van der Waals surface area contributed by atoms with Gasteiger partial charge in [-0.3, -0.25) is 4.79 Å². The zero-order valence-electron chi connectivity index (χ0n) is 14.9. The lowest BCUT2D eigenvalue weighted by atomic mass is 10.2. The lowest BCUT2D eigenvalue weighted by molar-refractivity contribution is -0.137. The second-order valence-corrected chi connectivity index (χ2v) is 5.38. The standard InChI is InChI=1S/C22H32O2/c1-2-3-4-5-6-7-8-9-10-11-12-13-14-15-16-17-18-19-20-21-22(23)24/h3-4,6-7,9-10,12-13,15-18H,2,5,8,11,14,19-21H2,1H3,(H,23,24)/b4-3-,7-6-,10-9-,13-12-,16-15+,18-17+. The first-order valence-corrected chi connectivity index (χ1v) is 8.90. The van der Waals surface area contributed by atoms with E-state index in [0.717, 1.165) is 38.5 Å². The average molecular weight is 328 g/mol. The molecule has 2 nitrogen and oxygen atoms in total. The quantitative estimate of drug-likeness (QED) is 0.223. The van der Waals surface area contributed by atoms with Gasteiger partial charge in [-0.25, -0.2) is 0 Å². The highest BCUT2D eigenvalue weighted by Crippen LogP contribution is 1.98. The highest BCUT2D eigenvalue weighted by molar-refractivity contribution is 5.66. The third kappa shape index (κ3) is 19.9. The monoisotopic (exact) mass is 328 g/mol. The molecule has 0 aromatic carbocycles. The van der Waals surface area contributed by atoms with Gasteiger partial charge >= 0.3 is 5.97 Å². The van der Waals surface area contributed by atoms with Crippen molar-refractivity contribution in [1.29, 1.82) is 0 Å². The Kier molecular flexibility index (Phi) is 17.3. The molecule has 0 bridgehead atoms. The van der Waals surface area contributed by atoms with Crippen LogP contribution in [0.1, 0.15) is 58.3 Å². The van der Waals surface area contributed by atoms with Gasteiger partial charge in [0.2, 0.25) is 0 Å². The number of aliphatic carboxylic acids is 1. The van der Waals surface area contributed by atoms with Crippen molar-refractivity contribution in [2.75, 3.05) is 0 Å². The Labute approximate surface area is 147 Å². The zero-order valence-corrected chi connectivity index (χ0v) is 14.9. The van der Waals surface area contributed by atoms with Gasteiger partial charge in [0, 0.05) is 6.42 Å². The van der Waals surface area contributed by atoms with Crippen LogP contribution < -0.4 is 0 Å². The van der Waals surface area contributed by atoms with Crippen LogP contribution in [0.5, 0.6) is 0 Å². The smallest absolute Gasteiger partial charge is 0.303 e. The minimum Gasteiger partial charge on any atom is -0.481 e. The Balaban J connectivity index is 3.53. The molecule has 0 aliphatic heterocycles. The Morgan fingerprint density at radius 3 is 1.67 bits per heavy atom. The molecule has 0 saturated heterocycles. The molecule has 1 N–H and O–H groups in total. The van der Waals surface area contributed by atoms with Gasteiger partial charge in [-0.15, -0.1) is 0 Å². The molecule has 0 saturated carbocycles. The normalized spacial score (nSPS) is 13.0. The first-order chi connectivity index (χ1) is 11.8. The summed E-state index contributed by atoms with van der Waals surface area (Å²) in [5.41, 5.74) is 0. The molecule has 0 aromatic heterocycles. The first kappa shape index (κ1) is 21.9. The first-order valence-electron chi connectivity index (χ1n) is 8.90. The van der Waals surface area contributed by atoms with Crippen LogP contribution in [-0.2, 0) is 4.79 Å². The second kappa shape index (κ2) is 19.0. The summed E-state index contributed by atoms with van der Waals surface area (Å²) < 4.78 is 0. The number of hydrogen-bond donors (Lipinski definition) is 1. The maximum absolute atomic E-state index is 10.3. The van der Waals surface area contributed by atoms with E-state index in [1.807, 2.05) is 18.2 Å². The van der Waals surface area contributed by atoms with Crippen molar-refractivity contribution in [2.24, 2.45) is 0 Å². The fourth-order valence-corrected chi connectivity index (χ4v) is 1.86. The largest absolute Gasteiger partial charge is 0.481 e. The van der Waals surface area contributed by atoms with Crippen molar-refractivity contribution in [2.45, 2.75) is 58.3 Å². The summed E-state index contributed by atoms with van der Waals surface area (Å²) in [4.78, 5) is 10.3. The molecule has 0 fully saturated rings. The minimum atomic E-state index is -0.724. The molecule has 0 aliphatic rings. The summed E-state index contributed by atoms with van der Waals surface area (Å²) >= 11 is 0. The molecule has 132 valence electrons. The number of allylic oxidation sites excluding steroid dienone is 12. The van der Waals surface area contributed by atoms with Crippen LogP contribution in [0.25, 0.3) is 0 Å². The number of unbranched alkanes of at least 4 members (excludes halogenated alkanes) is 1. The van der Waals surface area contributed by atoms with Crippen molar-refractivity contribution < 1.29 is 9.90 Å². The van der Waals surface area contributed by atoms with Crippen molar-refractivity contribution >= 4 is 5.97 Å². The number of carboxylic acids is 1. The molecule has 24 heavy (non-hydrogen) atoms. The van der Waals surface area contributed by atoms with E-state index in [2.05, 4.69) is 61.6 Å². The topological polar surface area (TPSA) is 37.3 Å². The Morgan fingerprint density at radius 1 is 0.708 bits per heavy atom. The molecule has 0 unspecified atom stereocenters. The van der Waals surface area contributed by atoms with Gasteiger partial charge in [0.1, 0.15) is 0 Å². The fourth-order valence-electron chi connectivity index (χ4n) is 1.86. The maximum Gasteiger partial charge on any atom is 0.303 e. The summed E-state index contributed by atoms with van der Waals surface area (Å²) in [6, 6.07) is 0. The minimum absolute atomic E-state index is 0.246. The van der Waals surface area contributed by atoms with Crippen LogP contribution in [0, 0.1) is 0 Å². The van der Waals surface area contributed by atoms with Gasteiger partial charge in [0.25, 0.3) is 0 Å². The van der Waals surface area contributed by atoms with Crippen molar-refractivity contribution in [1.82, 2.24) is 0 Å². The van der Waals surface area contributed by atoms with Gasteiger partial charge in [-0.1, -0.05) is 79.8 Å². The predicted octanol–water partition coefficient (Wildman–Crippen LogP) is 6.55. The van der Waals surface area contributed by atoms with E-state index in [9.17, 15) is 4.79 Å². The SMILES string of the molecule is CC/C=C\C/C=C\C/C=C\C/C=C\C/C=C/C=C/CCCC(=O)O. The van der Waals surface area contributed by atoms with Gasteiger partial charge in [0.05, 0.1) is 0 Å². The van der Waals surface area contributed by atoms with E-state index >= 15 is 0 Å². The number of carbonyl (C=O) groups is 1. The van der Waals surface area contributed by atoms with Gasteiger partial charge in [-0.2, -0.15) is 0 Å². The maximum atomic E-state index is 10.3. The van der Waals surface area contributed by atoms with Crippen LogP contribution in [0.15, 0.2) is 72.9 Å². The van der Waals surface area contributed by atoms with Crippen molar-refractivity contribution in [3.63, 3.8) is 0 Å². The van der Waals surface area contributed by atoms with E-state index in [-0.39, 0.29) is 6.42 Å². The van der Waals surface area contributed by atoms with Gasteiger partial charge < -0.3 is 5.11 Å². The molecule has 0 aromatic rings. The molecular formula is C22H32O2. The van der Waals surface area contributed by atoms with Gasteiger partial charge in [-0.05, 0) is 44.9 Å². The molecule has 0 radical (unpaired) electrons. The lowest BCUT2D eigenvalue weighted by Crippen LogP contribution is -1.92. The third-order valence-corrected chi connectivity index (χ3v) is 3.14. The molecule has 2 heteroatoms. The van der Waals surface area contributed by atoms with E-state index in [1.54, 1.807) is 0 Å². The van der Waals surface area contributed by atoms with Crippen LogP contribution >= 0.6 is 0 Å². The molecule has 0 spiro atoms. The van der Waals surface area contributed by atoms with Crippen molar-refractivity contribution in [3.05, 3.63) is 72.9 Å². The molecule has 0 rings (SSSR count). The molecule has 0 aliphatic carbocycles. The Morgan fingerprint density at radius 2 is 1.17 bits per heavy atom. The van der Waals surface area contributed by atoms with E-state index in [1.165, 1.54) is 0 Å². The summed E-state index contributed by atoms with van der Waals surface area (Å²) in [7, 11) is 0. The molecule has 0 atom stereocenters. The number of carboxylic acid groups (broad SMARTS) is 1. The summed E-state index contributed by atoms with van der Waals surface area (Å²) in [5.74, 6) is -0.724. The van der Waals surface area contributed by atoms with Crippen LogP contribution in [0.3, 0.4) is 0 Å². The highest BCUT2D eigenvalue weighted by atomic mass is 16.4. The van der Waals surface area contributed by atoms with Crippen LogP contribution in [0.4, 0.5) is 0 Å². The third-order valence-electron chi connectivity index (χ3n) is 3.14. The highest BCUT2D eigenvalue weighted by Gasteiger charge is 1.92. The Bertz CT molecular complexity index is 462. The number of hydrogen-bond acceptors (Lipinski definition) is 1. The van der Waals surface area contributed by atoms with E-state index < -0.39 is 5.97 Å². The second-order valence-electron chi connectivity index (χ2n) is 5.38. The molecule has 0 amide bonds. The number of rotatable bonds is 14. The average Bonchev–Trinajstić information content (AvgIpc) is 2.56. The van der Waals surface area contributed by atoms with Crippen LogP contribution in [-0.4, -0.2) is 11.1 Å². The van der Waals surface area contributed by atoms with E-state index in [4.69, 9.17) is 5.11 Å². The Hall–Kier alpha value is -2.09. The summed E-state index contributed by atoms with van der Waals surface area (Å²) in [6.07, 6.45) is 32.4. The summed E-state index contributed by atoms with van der Waals surface area (Å²) in [5, 5.41) is 8.50. The fraction of sp³-hybridized carbons (Fsp3) is 0.409. The van der Waals surface area contributed by atoms with Gasteiger partial charge in [0.15, 0.2) is 0 Å². The van der Waals surface area contributed by atoms with Crippen LogP contribution in [0.2, 0.25) is 0 Å². The lowest BCUT2D eigenvalue weighted by Gasteiger charge is -1.89. The summed E-state index contributed by atoms with van der Waals surface area (Å²) in [6.45, 7) is 2.15. The van der Waals surface area contributed by atoms with E-state index in [0.29, 0.717) is 6.42 Å².